The van der Waals surface area contributed by atoms with Crippen LogP contribution in [0.3, 0.4) is 0 Å². The molecule has 232 valence electrons. The number of ether oxygens (including phenoxy) is 1. The smallest absolute Gasteiger partial charge is 0.374 e. The van der Waals surface area contributed by atoms with Crippen LogP contribution in [0.5, 0.6) is 5.75 Å². The highest BCUT2D eigenvalue weighted by atomic mass is 32.2. The van der Waals surface area contributed by atoms with Gasteiger partial charge in [-0.3, -0.25) is 0 Å². The van der Waals surface area contributed by atoms with Crippen LogP contribution >= 0.6 is 0 Å². The zero-order chi connectivity index (χ0) is 31.2. The SMILES string of the molecule is CCCCN1/C(=C/C=C2\CCCC(/C=C/c3oc4ccccc4[n+]3CCCC)=C2S(=O)(=O)c2ccccc2)Oc2ccccc21. The van der Waals surface area contributed by atoms with E-state index in [1.54, 1.807) is 24.3 Å². The maximum atomic E-state index is 14.3. The van der Waals surface area contributed by atoms with Crippen molar-refractivity contribution in [1.29, 1.82) is 0 Å². The summed E-state index contributed by atoms with van der Waals surface area (Å²) in [5, 5.41) is 0. The first kappa shape index (κ1) is 30.7. The summed E-state index contributed by atoms with van der Waals surface area (Å²) in [6.07, 6.45) is 14.1. The van der Waals surface area contributed by atoms with Crippen molar-refractivity contribution in [3.8, 4) is 5.75 Å². The summed E-state index contributed by atoms with van der Waals surface area (Å²) < 4.78 is 43.4. The van der Waals surface area contributed by atoms with Crippen LogP contribution in [0.2, 0.25) is 0 Å². The van der Waals surface area contributed by atoms with Gasteiger partial charge in [-0.15, -0.1) is 0 Å². The lowest BCUT2D eigenvalue weighted by Crippen LogP contribution is -2.35. The maximum Gasteiger partial charge on any atom is 0.374 e. The Morgan fingerprint density at radius 3 is 2.42 bits per heavy atom. The standard InChI is InChI=1S/C38H41N2O4S/c1-3-5-27-39-32-19-10-12-21-34(32)43-36(39)25-23-29-15-14-16-30(38(29)45(41,42)31-17-8-7-9-18-31)24-26-37-40(28-6-4-2)33-20-11-13-22-35(33)44-37/h7-13,17-26H,3-6,14-16,27-28H2,1-2H3/q+1. The summed E-state index contributed by atoms with van der Waals surface area (Å²) in [7, 11) is -3.80. The number of allylic oxidation sites excluding steroid dienone is 5. The number of anilines is 1. The normalized spacial score (nSPS) is 17.2. The van der Waals surface area contributed by atoms with E-state index >= 15 is 0 Å². The molecule has 2 heterocycles. The van der Waals surface area contributed by atoms with Crippen LogP contribution in [0.1, 0.15) is 64.7 Å². The molecule has 0 unspecified atom stereocenters. The molecule has 0 atom stereocenters. The molecule has 0 amide bonds. The van der Waals surface area contributed by atoms with E-state index < -0.39 is 9.84 Å². The minimum atomic E-state index is -3.80. The van der Waals surface area contributed by atoms with Gasteiger partial charge in [-0.2, -0.15) is 4.57 Å². The summed E-state index contributed by atoms with van der Waals surface area (Å²) in [6.45, 7) is 6.01. The van der Waals surface area contributed by atoms with E-state index in [4.69, 9.17) is 9.15 Å². The monoisotopic (exact) mass is 621 g/mol. The highest BCUT2D eigenvalue weighted by Crippen LogP contribution is 2.40. The fraction of sp³-hybridized carbons (Fsp3) is 0.289. The van der Waals surface area contributed by atoms with Crippen molar-refractivity contribution in [2.75, 3.05) is 11.4 Å². The van der Waals surface area contributed by atoms with E-state index in [1.165, 1.54) is 0 Å². The molecule has 0 spiro atoms. The Bertz CT molecular complexity index is 1900. The van der Waals surface area contributed by atoms with Gasteiger partial charge in [-0.25, -0.2) is 8.42 Å². The third kappa shape index (κ3) is 6.40. The van der Waals surface area contributed by atoms with Crippen molar-refractivity contribution in [1.82, 2.24) is 0 Å². The predicted octanol–water partition coefficient (Wildman–Crippen LogP) is 8.91. The number of oxazole rings is 1. The van der Waals surface area contributed by atoms with E-state index in [1.807, 2.05) is 66.8 Å². The Hall–Kier alpha value is -4.36. The molecular formula is C38H41N2O4S+. The van der Waals surface area contributed by atoms with Gasteiger partial charge in [-0.05, 0) is 79.3 Å². The fourth-order valence-electron chi connectivity index (χ4n) is 6.07. The van der Waals surface area contributed by atoms with Crippen molar-refractivity contribution in [2.24, 2.45) is 0 Å². The second kappa shape index (κ2) is 13.7. The van der Waals surface area contributed by atoms with Crippen LogP contribution in [0.15, 0.2) is 128 Å². The van der Waals surface area contributed by atoms with Gasteiger partial charge in [0.15, 0.2) is 12.3 Å². The topological polar surface area (TPSA) is 63.6 Å². The summed E-state index contributed by atoms with van der Waals surface area (Å²) in [4.78, 5) is 2.85. The second-order valence-corrected chi connectivity index (χ2v) is 13.4. The molecule has 0 saturated carbocycles. The van der Waals surface area contributed by atoms with Gasteiger partial charge in [0.1, 0.15) is 0 Å². The number of nitrogens with zero attached hydrogens (tertiary/aromatic N) is 2. The molecule has 3 aromatic carbocycles. The van der Waals surface area contributed by atoms with E-state index in [0.717, 1.165) is 90.7 Å². The number of rotatable bonds is 11. The van der Waals surface area contributed by atoms with E-state index in [-0.39, 0.29) is 0 Å². The Balaban J connectivity index is 1.45. The van der Waals surface area contributed by atoms with Crippen LogP contribution < -0.4 is 14.2 Å². The lowest BCUT2D eigenvalue weighted by molar-refractivity contribution is -0.678. The first-order valence-electron chi connectivity index (χ1n) is 16.1. The molecule has 7 heteroatoms. The van der Waals surface area contributed by atoms with Gasteiger partial charge in [-0.1, -0.05) is 75.2 Å². The Morgan fingerprint density at radius 2 is 1.60 bits per heavy atom. The lowest BCUT2D eigenvalue weighted by Gasteiger charge is -2.22. The molecule has 0 fully saturated rings. The van der Waals surface area contributed by atoms with E-state index in [0.29, 0.717) is 22.6 Å². The number of aromatic nitrogens is 1. The minimum Gasteiger partial charge on any atom is -0.439 e. The van der Waals surface area contributed by atoms with Crippen LogP contribution in [-0.4, -0.2) is 15.0 Å². The number of fused-ring (bicyclic) bond motifs is 2. The average Bonchev–Trinajstić information content (AvgIpc) is 3.61. The molecule has 45 heavy (non-hydrogen) atoms. The quantitative estimate of drug-likeness (QED) is 0.157. The van der Waals surface area contributed by atoms with E-state index in [2.05, 4.69) is 35.4 Å². The van der Waals surface area contributed by atoms with Gasteiger partial charge < -0.3 is 14.1 Å². The van der Waals surface area contributed by atoms with Crippen molar-refractivity contribution in [3.63, 3.8) is 0 Å². The summed E-state index contributed by atoms with van der Waals surface area (Å²) in [6, 6.07) is 24.8. The Labute approximate surface area is 266 Å². The fourth-order valence-corrected chi connectivity index (χ4v) is 7.86. The number of hydrogen-bond donors (Lipinski definition) is 0. The molecule has 1 aliphatic heterocycles. The van der Waals surface area contributed by atoms with Gasteiger partial charge in [0.25, 0.3) is 5.52 Å². The molecule has 1 aromatic heterocycles. The first-order chi connectivity index (χ1) is 22.0. The predicted molar refractivity (Wildman–Crippen MR) is 180 cm³/mol. The molecule has 0 radical (unpaired) electrons. The molecule has 0 N–H and O–H groups in total. The largest absolute Gasteiger partial charge is 0.439 e. The zero-order valence-corrected chi connectivity index (χ0v) is 26.9. The number of para-hydroxylation sites is 4. The highest BCUT2D eigenvalue weighted by Gasteiger charge is 2.30. The third-order valence-electron chi connectivity index (χ3n) is 8.40. The van der Waals surface area contributed by atoms with Crippen molar-refractivity contribution < 1.29 is 22.1 Å². The van der Waals surface area contributed by atoms with Gasteiger partial charge in [0, 0.05) is 19.0 Å². The third-order valence-corrected chi connectivity index (χ3v) is 10.4. The summed E-state index contributed by atoms with van der Waals surface area (Å²) >= 11 is 0. The Kier molecular flexibility index (Phi) is 9.36. The molecule has 1 aliphatic carbocycles. The van der Waals surface area contributed by atoms with Crippen molar-refractivity contribution >= 4 is 32.7 Å². The Morgan fingerprint density at radius 1 is 0.844 bits per heavy atom. The van der Waals surface area contributed by atoms with Crippen LogP contribution in [0, 0.1) is 0 Å². The van der Waals surface area contributed by atoms with E-state index in [9.17, 15) is 8.42 Å². The van der Waals surface area contributed by atoms with Crippen LogP contribution in [0.25, 0.3) is 17.2 Å². The first-order valence-corrected chi connectivity index (χ1v) is 17.6. The number of hydrogen-bond acceptors (Lipinski definition) is 5. The molecule has 6 nitrogen and oxygen atoms in total. The second-order valence-electron chi connectivity index (χ2n) is 11.5. The molecular weight excluding hydrogens is 580 g/mol. The minimum absolute atomic E-state index is 0.294. The van der Waals surface area contributed by atoms with Crippen molar-refractivity contribution in [2.45, 2.75) is 70.2 Å². The summed E-state index contributed by atoms with van der Waals surface area (Å²) in [5.41, 5.74) is 4.47. The average molecular weight is 622 g/mol. The molecule has 6 rings (SSSR count). The highest BCUT2D eigenvalue weighted by molar-refractivity contribution is 7.95. The lowest BCUT2D eigenvalue weighted by atomic mass is 9.94. The maximum absolute atomic E-state index is 14.3. The molecule has 4 aromatic rings. The van der Waals surface area contributed by atoms with Crippen LogP contribution in [-0.2, 0) is 16.4 Å². The number of benzene rings is 3. The number of sulfone groups is 1. The van der Waals surface area contributed by atoms with Gasteiger partial charge in [0.2, 0.25) is 21.3 Å². The zero-order valence-electron chi connectivity index (χ0n) is 26.1. The van der Waals surface area contributed by atoms with Gasteiger partial charge in [0.05, 0.1) is 21.6 Å². The summed E-state index contributed by atoms with van der Waals surface area (Å²) in [5.74, 6) is 2.26. The van der Waals surface area contributed by atoms with Gasteiger partial charge >= 0.3 is 5.89 Å². The van der Waals surface area contributed by atoms with Crippen LogP contribution in [0.4, 0.5) is 5.69 Å². The molecule has 0 bridgehead atoms. The van der Waals surface area contributed by atoms with Crippen molar-refractivity contribution in [3.05, 3.63) is 125 Å². The molecule has 2 aliphatic rings. The number of unbranched alkanes of at least 4 members (excludes halogenated alkanes) is 2. The molecule has 0 saturated heterocycles. The number of aryl methyl sites for hydroxylation is 1.